The molecular weight excluding hydrogens is 227 g/mol. The summed E-state index contributed by atoms with van der Waals surface area (Å²) >= 11 is 0. The summed E-state index contributed by atoms with van der Waals surface area (Å²) in [5.74, 6) is -1.44. The number of H-pyrrole nitrogens is 1. The number of carboxylic acid groups (broad SMARTS) is 1. The molecule has 0 saturated heterocycles. The first-order valence-electron chi connectivity index (χ1n) is 4.96. The first kappa shape index (κ1) is 11.3. The van der Waals surface area contributed by atoms with Gasteiger partial charge < -0.3 is 10.1 Å². The lowest BCUT2D eigenvalue weighted by Gasteiger charge is -2.04. The number of aromatic nitrogens is 2. The highest BCUT2D eigenvalue weighted by molar-refractivity contribution is 5.81. The van der Waals surface area contributed by atoms with Crippen molar-refractivity contribution in [1.29, 1.82) is 0 Å². The fraction of sp³-hybridized carbons (Fsp3) is 0.182. The molecule has 2 N–H and O–H groups in total. The third-order valence-corrected chi connectivity index (χ3v) is 2.35. The summed E-state index contributed by atoms with van der Waals surface area (Å²) in [5.41, 5.74) is 0.182. The van der Waals surface area contributed by atoms with Gasteiger partial charge in [0, 0.05) is 11.1 Å². The molecule has 6 heteroatoms. The van der Waals surface area contributed by atoms with Crippen LogP contribution in [0, 0.1) is 5.82 Å². The Balaban J connectivity index is 2.55. The van der Waals surface area contributed by atoms with Gasteiger partial charge in [0.2, 0.25) is 0 Å². The van der Waals surface area contributed by atoms with Gasteiger partial charge in [-0.2, -0.15) is 4.98 Å². The van der Waals surface area contributed by atoms with Crippen LogP contribution in [0.25, 0.3) is 10.9 Å². The van der Waals surface area contributed by atoms with Crippen LogP contribution in [-0.4, -0.2) is 21.0 Å². The van der Waals surface area contributed by atoms with Crippen LogP contribution in [-0.2, 0) is 11.2 Å². The molecule has 2 rings (SSSR count). The Morgan fingerprint density at radius 2 is 2.24 bits per heavy atom. The summed E-state index contributed by atoms with van der Waals surface area (Å²) < 4.78 is 13.1. The molecule has 0 fully saturated rings. The largest absolute Gasteiger partial charge is 0.481 e. The summed E-state index contributed by atoms with van der Waals surface area (Å²) in [4.78, 5) is 27.8. The minimum absolute atomic E-state index is 0.132. The van der Waals surface area contributed by atoms with E-state index in [-0.39, 0.29) is 12.8 Å². The summed E-state index contributed by atoms with van der Waals surface area (Å²) in [6.45, 7) is 0. The highest BCUT2D eigenvalue weighted by atomic mass is 19.1. The van der Waals surface area contributed by atoms with Gasteiger partial charge in [0.25, 0.3) is 0 Å². The zero-order valence-corrected chi connectivity index (χ0v) is 8.74. The van der Waals surface area contributed by atoms with Gasteiger partial charge in [-0.1, -0.05) is 0 Å². The van der Waals surface area contributed by atoms with Gasteiger partial charge in [0.15, 0.2) is 0 Å². The summed E-state index contributed by atoms with van der Waals surface area (Å²) in [5, 5.41) is 9.03. The number of hydrogen-bond donors (Lipinski definition) is 2. The Morgan fingerprint density at radius 3 is 2.94 bits per heavy atom. The van der Waals surface area contributed by atoms with E-state index in [0.29, 0.717) is 16.6 Å². The zero-order chi connectivity index (χ0) is 12.4. The normalized spacial score (nSPS) is 10.6. The molecule has 0 amide bonds. The first-order valence-corrected chi connectivity index (χ1v) is 4.96. The van der Waals surface area contributed by atoms with E-state index in [9.17, 15) is 14.0 Å². The standard InChI is InChI=1S/C11H9FN2O3/c12-6-1-2-8-7(5-6)9(3-4-10(15)16)14-11(17)13-8/h1-2,5H,3-4H2,(H,15,16)(H,13,14,17). The van der Waals surface area contributed by atoms with E-state index >= 15 is 0 Å². The Bertz CT molecular complexity index is 636. The monoisotopic (exact) mass is 236 g/mol. The van der Waals surface area contributed by atoms with E-state index in [1.165, 1.54) is 18.2 Å². The second-order valence-corrected chi connectivity index (χ2v) is 3.58. The number of aryl methyl sites for hydroxylation is 1. The van der Waals surface area contributed by atoms with Crippen molar-refractivity contribution in [2.24, 2.45) is 0 Å². The minimum atomic E-state index is -0.979. The number of halogens is 1. The zero-order valence-electron chi connectivity index (χ0n) is 8.74. The molecule has 0 bridgehead atoms. The Morgan fingerprint density at radius 1 is 1.47 bits per heavy atom. The maximum atomic E-state index is 13.1. The van der Waals surface area contributed by atoms with E-state index in [1.807, 2.05) is 0 Å². The number of hydrogen-bond acceptors (Lipinski definition) is 3. The SMILES string of the molecule is O=C(O)CCc1[nH]c(=O)nc2ccc(F)cc12. The highest BCUT2D eigenvalue weighted by Gasteiger charge is 2.07. The number of nitrogens with zero attached hydrogens (tertiary/aromatic N) is 1. The molecule has 0 radical (unpaired) electrons. The van der Waals surface area contributed by atoms with E-state index in [0.717, 1.165) is 0 Å². The lowest BCUT2D eigenvalue weighted by Crippen LogP contribution is -2.14. The molecule has 0 aliphatic carbocycles. The molecule has 0 aliphatic heterocycles. The van der Waals surface area contributed by atoms with Crippen LogP contribution < -0.4 is 5.69 Å². The van der Waals surface area contributed by atoms with Crippen LogP contribution in [0.4, 0.5) is 4.39 Å². The maximum absolute atomic E-state index is 13.1. The number of aromatic amines is 1. The van der Waals surface area contributed by atoms with Crippen molar-refractivity contribution in [3.05, 3.63) is 40.2 Å². The van der Waals surface area contributed by atoms with Crippen molar-refractivity contribution in [2.75, 3.05) is 0 Å². The Hall–Kier alpha value is -2.24. The van der Waals surface area contributed by atoms with Gasteiger partial charge in [-0.3, -0.25) is 4.79 Å². The number of carbonyl (C=O) groups is 1. The van der Waals surface area contributed by atoms with E-state index < -0.39 is 17.5 Å². The van der Waals surface area contributed by atoms with Crippen molar-refractivity contribution >= 4 is 16.9 Å². The van der Waals surface area contributed by atoms with Crippen LogP contribution in [0.3, 0.4) is 0 Å². The maximum Gasteiger partial charge on any atom is 0.345 e. The van der Waals surface area contributed by atoms with Crippen LogP contribution in [0.5, 0.6) is 0 Å². The van der Waals surface area contributed by atoms with Gasteiger partial charge >= 0.3 is 11.7 Å². The number of fused-ring (bicyclic) bond motifs is 1. The second-order valence-electron chi connectivity index (χ2n) is 3.58. The number of aliphatic carboxylic acids is 1. The molecule has 1 aromatic carbocycles. The van der Waals surface area contributed by atoms with Crippen molar-refractivity contribution in [2.45, 2.75) is 12.8 Å². The molecule has 17 heavy (non-hydrogen) atoms. The molecule has 88 valence electrons. The Kier molecular flexibility index (Phi) is 2.86. The van der Waals surface area contributed by atoms with Gasteiger partial charge in [-0.15, -0.1) is 0 Å². The average Bonchev–Trinajstić information content (AvgIpc) is 2.26. The molecule has 0 atom stereocenters. The molecule has 0 unspecified atom stereocenters. The van der Waals surface area contributed by atoms with Crippen LogP contribution in [0.2, 0.25) is 0 Å². The third kappa shape index (κ3) is 2.47. The van der Waals surface area contributed by atoms with Crippen LogP contribution in [0.1, 0.15) is 12.1 Å². The van der Waals surface area contributed by atoms with Gasteiger partial charge in [-0.25, -0.2) is 9.18 Å². The van der Waals surface area contributed by atoms with Crippen LogP contribution in [0.15, 0.2) is 23.0 Å². The summed E-state index contributed by atoms with van der Waals surface area (Å²) in [6, 6.07) is 3.83. The topological polar surface area (TPSA) is 83.0 Å². The quantitative estimate of drug-likeness (QED) is 0.835. The van der Waals surface area contributed by atoms with Crippen molar-refractivity contribution in [3.63, 3.8) is 0 Å². The first-order chi connectivity index (χ1) is 8.06. The van der Waals surface area contributed by atoms with Crippen molar-refractivity contribution in [1.82, 2.24) is 9.97 Å². The number of benzene rings is 1. The molecule has 1 aromatic heterocycles. The third-order valence-electron chi connectivity index (χ3n) is 2.35. The van der Waals surface area contributed by atoms with Crippen molar-refractivity contribution in [3.8, 4) is 0 Å². The predicted molar refractivity (Wildman–Crippen MR) is 58.3 cm³/mol. The molecule has 0 saturated carbocycles. The number of rotatable bonds is 3. The van der Waals surface area contributed by atoms with E-state index in [4.69, 9.17) is 5.11 Å². The highest BCUT2D eigenvalue weighted by Crippen LogP contribution is 2.16. The summed E-state index contributed by atoms with van der Waals surface area (Å²) in [6.07, 6.45) is -0.00138. The van der Waals surface area contributed by atoms with Gasteiger partial charge in [0.1, 0.15) is 5.82 Å². The molecular formula is C11H9FN2O3. The van der Waals surface area contributed by atoms with Gasteiger partial charge in [0.05, 0.1) is 11.9 Å². The number of carboxylic acids is 1. The fourth-order valence-corrected chi connectivity index (χ4v) is 1.61. The van der Waals surface area contributed by atoms with Gasteiger partial charge in [-0.05, 0) is 24.6 Å². The lowest BCUT2D eigenvalue weighted by atomic mass is 10.1. The Labute approximate surface area is 94.9 Å². The molecule has 0 aliphatic rings. The molecule has 1 heterocycles. The fourth-order valence-electron chi connectivity index (χ4n) is 1.61. The van der Waals surface area contributed by atoms with Crippen molar-refractivity contribution < 1.29 is 14.3 Å². The predicted octanol–water partition coefficient (Wildman–Crippen LogP) is 1.08. The molecule has 5 nitrogen and oxygen atoms in total. The molecule has 0 spiro atoms. The van der Waals surface area contributed by atoms with E-state index in [2.05, 4.69) is 9.97 Å². The number of nitrogens with one attached hydrogen (secondary N) is 1. The summed E-state index contributed by atoms with van der Waals surface area (Å²) in [7, 11) is 0. The second kappa shape index (κ2) is 4.32. The average molecular weight is 236 g/mol. The smallest absolute Gasteiger partial charge is 0.345 e. The van der Waals surface area contributed by atoms with Crippen LogP contribution >= 0.6 is 0 Å². The van der Waals surface area contributed by atoms with E-state index in [1.54, 1.807) is 0 Å². The minimum Gasteiger partial charge on any atom is -0.481 e. The lowest BCUT2D eigenvalue weighted by molar-refractivity contribution is -0.136. The molecule has 2 aromatic rings.